The van der Waals surface area contributed by atoms with Crippen molar-refractivity contribution in [3.8, 4) is 11.3 Å². The summed E-state index contributed by atoms with van der Waals surface area (Å²) in [6, 6.07) is 4.48. The van der Waals surface area contributed by atoms with E-state index in [1.807, 2.05) is 24.7 Å². The van der Waals surface area contributed by atoms with Crippen LogP contribution in [0.5, 0.6) is 0 Å². The van der Waals surface area contributed by atoms with Gasteiger partial charge in [-0.3, -0.25) is 0 Å². The molecule has 4 nitrogen and oxygen atoms in total. The highest BCUT2D eigenvalue weighted by molar-refractivity contribution is 7.99. The van der Waals surface area contributed by atoms with Gasteiger partial charge in [0, 0.05) is 23.1 Å². The highest BCUT2D eigenvalue weighted by atomic mass is 32.2. The number of hydrogen-bond acceptors (Lipinski definition) is 4. The molecule has 20 heavy (non-hydrogen) atoms. The summed E-state index contributed by atoms with van der Waals surface area (Å²) >= 11 is 2.08. The van der Waals surface area contributed by atoms with Crippen molar-refractivity contribution in [3.05, 3.63) is 30.9 Å². The Bertz CT molecular complexity index is 581. The Morgan fingerprint density at radius 2 is 2.35 bits per heavy atom. The fourth-order valence-electron chi connectivity index (χ4n) is 2.98. The standard InChI is InChI=1S/C15H20N4S/c1-2-20-13-4-3-12(8-13)19-10-17-9-14(19)11-5-6-18-15(16)7-11/h5-7,9-10,12-13H,2-4,8H2,1H3,(H2,16,18). The van der Waals surface area contributed by atoms with E-state index in [0.29, 0.717) is 11.9 Å². The molecule has 0 aromatic carbocycles. The minimum Gasteiger partial charge on any atom is -0.384 e. The summed E-state index contributed by atoms with van der Waals surface area (Å²) in [5.41, 5.74) is 8.03. The summed E-state index contributed by atoms with van der Waals surface area (Å²) in [6.07, 6.45) is 9.42. The van der Waals surface area contributed by atoms with Gasteiger partial charge >= 0.3 is 0 Å². The van der Waals surface area contributed by atoms with Crippen LogP contribution in [0.2, 0.25) is 0 Å². The Morgan fingerprint density at radius 1 is 1.45 bits per heavy atom. The van der Waals surface area contributed by atoms with Gasteiger partial charge in [0.1, 0.15) is 5.82 Å². The van der Waals surface area contributed by atoms with E-state index < -0.39 is 0 Å². The third kappa shape index (κ3) is 2.68. The van der Waals surface area contributed by atoms with E-state index in [0.717, 1.165) is 16.5 Å². The second-order valence-electron chi connectivity index (χ2n) is 5.20. The van der Waals surface area contributed by atoms with Gasteiger partial charge in [-0.05, 0) is 37.1 Å². The normalized spacial score (nSPS) is 22.2. The number of imidazole rings is 1. The molecule has 0 amide bonds. The molecule has 0 saturated heterocycles. The number of pyridine rings is 1. The lowest BCUT2D eigenvalue weighted by molar-refractivity contribution is 0.524. The van der Waals surface area contributed by atoms with Crippen molar-refractivity contribution in [3.63, 3.8) is 0 Å². The van der Waals surface area contributed by atoms with Crippen molar-refractivity contribution >= 4 is 17.6 Å². The summed E-state index contributed by atoms with van der Waals surface area (Å²) < 4.78 is 2.31. The fourth-order valence-corrected chi connectivity index (χ4v) is 4.12. The number of thioether (sulfide) groups is 1. The molecule has 1 aliphatic rings. The number of aromatic nitrogens is 3. The van der Waals surface area contributed by atoms with Gasteiger partial charge in [0.25, 0.3) is 0 Å². The second-order valence-corrected chi connectivity index (χ2v) is 6.78. The SMILES string of the molecule is CCSC1CCC(n2cncc2-c2ccnc(N)c2)C1. The van der Waals surface area contributed by atoms with E-state index in [9.17, 15) is 0 Å². The lowest BCUT2D eigenvalue weighted by atomic mass is 10.1. The molecule has 0 aliphatic heterocycles. The predicted molar refractivity (Wildman–Crippen MR) is 84.7 cm³/mol. The van der Waals surface area contributed by atoms with Gasteiger partial charge in [-0.2, -0.15) is 11.8 Å². The maximum absolute atomic E-state index is 5.79. The van der Waals surface area contributed by atoms with Crippen molar-refractivity contribution in [1.82, 2.24) is 14.5 Å². The van der Waals surface area contributed by atoms with Crippen molar-refractivity contribution < 1.29 is 0 Å². The number of rotatable bonds is 4. The highest BCUT2D eigenvalue weighted by Gasteiger charge is 2.27. The van der Waals surface area contributed by atoms with Crippen molar-refractivity contribution in [2.75, 3.05) is 11.5 Å². The summed E-state index contributed by atoms with van der Waals surface area (Å²) in [7, 11) is 0. The molecule has 5 heteroatoms. The number of nitrogen functional groups attached to an aromatic ring is 1. The molecule has 0 bridgehead atoms. The average Bonchev–Trinajstić information content (AvgIpc) is 3.07. The van der Waals surface area contributed by atoms with Crippen LogP contribution in [-0.4, -0.2) is 25.5 Å². The minimum absolute atomic E-state index is 0.557. The summed E-state index contributed by atoms with van der Waals surface area (Å²) in [5, 5.41) is 0.794. The third-order valence-corrected chi connectivity index (χ3v) is 5.13. The first-order valence-electron chi connectivity index (χ1n) is 7.13. The minimum atomic E-state index is 0.557. The molecule has 2 aromatic heterocycles. The predicted octanol–water partition coefficient (Wildman–Crippen LogP) is 3.37. The first kappa shape index (κ1) is 13.5. The number of nitrogens with zero attached hydrogens (tertiary/aromatic N) is 3. The number of nitrogens with two attached hydrogens (primary N) is 1. The van der Waals surface area contributed by atoms with Gasteiger partial charge in [-0.25, -0.2) is 9.97 Å². The zero-order chi connectivity index (χ0) is 13.9. The molecule has 1 fully saturated rings. The maximum Gasteiger partial charge on any atom is 0.123 e. The number of hydrogen-bond donors (Lipinski definition) is 1. The Labute approximate surface area is 123 Å². The molecular formula is C15H20N4S. The summed E-state index contributed by atoms with van der Waals surface area (Å²) in [6.45, 7) is 2.24. The van der Waals surface area contributed by atoms with Crippen molar-refractivity contribution in [2.24, 2.45) is 0 Å². The van der Waals surface area contributed by atoms with Gasteiger partial charge in [0.15, 0.2) is 0 Å². The van der Waals surface area contributed by atoms with Crippen LogP contribution in [0.25, 0.3) is 11.3 Å². The van der Waals surface area contributed by atoms with Crippen LogP contribution in [-0.2, 0) is 0 Å². The van der Waals surface area contributed by atoms with Gasteiger partial charge in [0.2, 0.25) is 0 Å². The molecule has 1 saturated carbocycles. The third-order valence-electron chi connectivity index (χ3n) is 3.90. The molecule has 2 unspecified atom stereocenters. The van der Waals surface area contributed by atoms with E-state index in [-0.39, 0.29) is 0 Å². The van der Waals surface area contributed by atoms with E-state index in [2.05, 4.69) is 33.2 Å². The largest absolute Gasteiger partial charge is 0.384 e. The Balaban J connectivity index is 1.84. The quantitative estimate of drug-likeness (QED) is 0.937. The summed E-state index contributed by atoms with van der Waals surface area (Å²) in [5.74, 6) is 1.76. The van der Waals surface area contributed by atoms with E-state index in [1.165, 1.54) is 25.0 Å². The lowest BCUT2D eigenvalue weighted by Gasteiger charge is -2.16. The molecule has 2 aromatic rings. The molecule has 1 aliphatic carbocycles. The smallest absolute Gasteiger partial charge is 0.123 e. The Morgan fingerprint density at radius 3 is 3.15 bits per heavy atom. The topological polar surface area (TPSA) is 56.7 Å². The van der Waals surface area contributed by atoms with Crippen LogP contribution in [0.15, 0.2) is 30.9 Å². The van der Waals surface area contributed by atoms with Gasteiger partial charge in [-0.15, -0.1) is 0 Å². The molecule has 2 atom stereocenters. The highest BCUT2D eigenvalue weighted by Crippen LogP contribution is 2.39. The van der Waals surface area contributed by atoms with E-state index in [1.54, 1.807) is 6.20 Å². The van der Waals surface area contributed by atoms with Crippen LogP contribution in [0.4, 0.5) is 5.82 Å². The molecule has 2 heterocycles. The van der Waals surface area contributed by atoms with Crippen LogP contribution in [0, 0.1) is 0 Å². The molecule has 2 N–H and O–H groups in total. The van der Waals surface area contributed by atoms with Crippen LogP contribution >= 0.6 is 11.8 Å². The fraction of sp³-hybridized carbons (Fsp3) is 0.467. The van der Waals surface area contributed by atoms with Gasteiger partial charge in [0.05, 0.1) is 18.2 Å². The van der Waals surface area contributed by atoms with Gasteiger partial charge < -0.3 is 10.3 Å². The zero-order valence-corrected chi connectivity index (χ0v) is 12.5. The van der Waals surface area contributed by atoms with E-state index in [4.69, 9.17) is 5.73 Å². The molecule has 3 rings (SSSR count). The Kier molecular flexibility index (Phi) is 3.96. The first-order chi connectivity index (χ1) is 9.78. The molecular weight excluding hydrogens is 268 g/mol. The average molecular weight is 288 g/mol. The lowest BCUT2D eigenvalue weighted by Crippen LogP contribution is -2.07. The van der Waals surface area contributed by atoms with Crippen LogP contribution < -0.4 is 5.73 Å². The van der Waals surface area contributed by atoms with Crippen LogP contribution in [0.3, 0.4) is 0 Å². The van der Waals surface area contributed by atoms with E-state index >= 15 is 0 Å². The van der Waals surface area contributed by atoms with Crippen molar-refractivity contribution in [1.29, 1.82) is 0 Å². The molecule has 0 spiro atoms. The molecule has 0 radical (unpaired) electrons. The number of anilines is 1. The van der Waals surface area contributed by atoms with Crippen molar-refractivity contribution in [2.45, 2.75) is 37.5 Å². The summed E-state index contributed by atoms with van der Waals surface area (Å²) in [4.78, 5) is 8.40. The monoisotopic (exact) mass is 288 g/mol. The van der Waals surface area contributed by atoms with Crippen LogP contribution in [0.1, 0.15) is 32.2 Å². The Hall–Kier alpha value is -1.49. The first-order valence-corrected chi connectivity index (χ1v) is 8.18. The second kappa shape index (κ2) is 5.87. The molecule has 106 valence electrons. The zero-order valence-electron chi connectivity index (χ0n) is 11.7. The maximum atomic E-state index is 5.79. The van der Waals surface area contributed by atoms with Gasteiger partial charge in [-0.1, -0.05) is 6.92 Å².